The molecule has 0 spiro atoms. The van der Waals surface area contributed by atoms with Crippen molar-refractivity contribution in [1.82, 2.24) is 15.1 Å². The number of hydrogen-bond acceptors (Lipinski definition) is 4. The van der Waals surface area contributed by atoms with Crippen molar-refractivity contribution in [2.75, 3.05) is 26.2 Å². The summed E-state index contributed by atoms with van der Waals surface area (Å²) in [6.45, 7) is 10.5. The second-order valence-corrected chi connectivity index (χ2v) is 6.76. The molecule has 1 saturated heterocycles. The molecule has 0 aliphatic carbocycles. The molecule has 2 heterocycles. The molecule has 1 fully saturated rings. The third kappa shape index (κ3) is 4.10. The van der Waals surface area contributed by atoms with Crippen LogP contribution in [0.25, 0.3) is 0 Å². The summed E-state index contributed by atoms with van der Waals surface area (Å²) in [6.07, 6.45) is 2.97. The maximum absolute atomic E-state index is 12.2. The van der Waals surface area contributed by atoms with E-state index in [0.29, 0.717) is 31.7 Å². The molecule has 2 rings (SSSR count). The predicted molar refractivity (Wildman–Crippen MR) is 83.5 cm³/mol. The van der Waals surface area contributed by atoms with E-state index >= 15 is 0 Å². The quantitative estimate of drug-likeness (QED) is 0.915. The molecule has 6 heteroatoms. The molecule has 0 radical (unpaired) electrons. The fourth-order valence-electron chi connectivity index (χ4n) is 2.52. The molecule has 1 aromatic heterocycles. The predicted octanol–water partition coefficient (Wildman–Crippen LogP) is 1.34. The van der Waals surface area contributed by atoms with E-state index in [2.05, 4.69) is 10.2 Å². The number of nitrogens with zero attached hydrogens (tertiary/aromatic N) is 2. The van der Waals surface area contributed by atoms with Crippen molar-refractivity contribution in [2.45, 2.75) is 39.3 Å². The van der Waals surface area contributed by atoms with E-state index in [1.807, 2.05) is 27.7 Å². The van der Waals surface area contributed by atoms with Gasteiger partial charge in [-0.25, -0.2) is 0 Å². The third-order valence-corrected chi connectivity index (χ3v) is 3.79. The largest absolute Gasteiger partial charge is 0.472 e. The second-order valence-electron chi connectivity index (χ2n) is 6.76. The molecule has 22 heavy (non-hydrogen) atoms. The van der Waals surface area contributed by atoms with Gasteiger partial charge in [0.15, 0.2) is 0 Å². The van der Waals surface area contributed by atoms with Gasteiger partial charge in [-0.1, -0.05) is 0 Å². The number of hydrogen-bond donors (Lipinski definition) is 1. The Hall–Kier alpha value is -1.82. The zero-order chi connectivity index (χ0) is 16.3. The minimum atomic E-state index is -0.232. The Balaban J connectivity index is 1.86. The van der Waals surface area contributed by atoms with Gasteiger partial charge in [-0.2, -0.15) is 0 Å². The van der Waals surface area contributed by atoms with Gasteiger partial charge in [0.2, 0.25) is 5.91 Å². The number of furan rings is 1. The number of rotatable bonds is 3. The average molecular weight is 307 g/mol. The third-order valence-electron chi connectivity index (χ3n) is 3.79. The maximum atomic E-state index is 12.2. The van der Waals surface area contributed by atoms with Gasteiger partial charge in [0.05, 0.1) is 17.9 Å². The van der Waals surface area contributed by atoms with Crippen molar-refractivity contribution >= 4 is 11.8 Å². The van der Waals surface area contributed by atoms with Crippen molar-refractivity contribution in [1.29, 1.82) is 0 Å². The molecule has 0 saturated carbocycles. The van der Waals surface area contributed by atoms with Crippen LogP contribution in [0.5, 0.6) is 0 Å². The second kappa shape index (κ2) is 6.52. The topological polar surface area (TPSA) is 65.8 Å². The molecule has 2 amide bonds. The molecule has 1 aliphatic heterocycles. The van der Waals surface area contributed by atoms with Crippen LogP contribution in [0.4, 0.5) is 0 Å². The Kier molecular flexibility index (Phi) is 4.90. The lowest BCUT2D eigenvalue weighted by atomic mass is 10.1. The van der Waals surface area contributed by atoms with Crippen LogP contribution in [-0.2, 0) is 4.79 Å². The lowest BCUT2D eigenvalue weighted by Gasteiger charge is -2.38. The van der Waals surface area contributed by atoms with E-state index in [-0.39, 0.29) is 23.4 Å². The molecule has 0 aromatic carbocycles. The molecule has 1 aromatic rings. The smallest absolute Gasteiger partial charge is 0.257 e. The fourth-order valence-corrected chi connectivity index (χ4v) is 2.52. The first-order valence-electron chi connectivity index (χ1n) is 7.65. The Morgan fingerprint density at radius 2 is 1.86 bits per heavy atom. The highest BCUT2D eigenvalue weighted by Crippen LogP contribution is 2.12. The highest BCUT2D eigenvalue weighted by molar-refractivity contribution is 5.93. The molecule has 0 bridgehead atoms. The minimum Gasteiger partial charge on any atom is -0.472 e. The molecular weight excluding hydrogens is 282 g/mol. The summed E-state index contributed by atoms with van der Waals surface area (Å²) in [5.74, 6) is 0.0160. The van der Waals surface area contributed by atoms with Gasteiger partial charge < -0.3 is 14.6 Å². The summed E-state index contributed by atoms with van der Waals surface area (Å²) >= 11 is 0. The Bertz CT molecular complexity index is 511. The van der Waals surface area contributed by atoms with Gasteiger partial charge in [-0.05, 0) is 33.8 Å². The number of carbonyl (C=O) groups excluding carboxylic acids is 2. The molecule has 1 unspecified atom stereocenters. The number of amides is 2. The molecule has 1 atom stereocenters. The Morgan fingerprint density at radius 1 is 1.23 bits per heavy atom. The first kappa shape index (κ1) is 16.5. The van der Waals surface area contributed by atoms with Gasteiger partial charge in [-0.3, -0.25) is 14.5 Å². The van der Waals surface area contributed by atoms with Crippen molar-refractivity contribution in [2.24, 2.45) is 0 Å². The summed E-state index contributed by atoms with van der Waals surface area (Å²) in [5, 5.41) is 3.00. The summed E-state index contributed by atoms with van der Waals surface area (Å²) in [6, 6.07) is 1.49. The maximum Gasteiger partial charge on any atom is 0.257 e. The van der Waals surface area contributed by atoms with E-state index in [9.17, 15) is 9.59 Å². The molecule has 122 valence electrons. The van der Waals surface area contributed by atoms with Gasteiger partial charge >= 0.3 is 0 Å². The number of nitrogens with one attached hydrogen (secondary N) is 1. The lowest BCUT2D eigenvalue weighted by Crippen LogP contribution is -2.56. The van der Waals surface area contributed by atoms with E-state index in [0.717, 1.165) is 0 Å². The molecule has 1 aliphatic rings. The lowest BCUT2D eigenvalue weighted by molar-refractivity contribution is -0.127. The van der Waals surface area contributed by atoms with Gasteiger partial charge in [0, 0.05) is 31.7 Å². The summed E-state index contributed by atoms with van der Waals surface area (Å²) in [5.41, 5.74) is 0.344. The van der Waals surface area contributed by atoms with E-state index in [4.69, 9.17) is 4.42 Å². The standard InChI is InChI=1S/C16H25N3O3/c1-12(14(20)17-16(2,3)4)18-6-8-19(9-7-18)15(21)13-5-10-22-11-13/h5,10-12H,6-9H2,1-4H3,(H,17,20). The van der Waals surface area contributed by atoms with Crippen LogP contribution in [0, 0.1) is 0 Å². The summed E-state index contributed by atoms with van der Waals surface area (Å²) in [4.78, 5) is 28.4. The van der Waals surface area contributed by atoms with Gasteiger partial charge in [-0.15, -0.1) is 0 Å². The van der Waals surface area contributed by atoms with Crippen LogP contribution in [0.2, 0.25) is 0 Å². The van der Waals surface area contributed by atoms with Crippen LogP contribution in [0.1, 0.15) is 38.1 Å². The first-order valence-corrected chi connectivity index (χ1v) is 7.65. The zero-order valence-corrected chi connectivity index (χ0v) is 13.8. The van der Waals surface area contributed by atoms with Crippen LogP contribution >= 0.6 is 0 Å². The van der Waals surface area contributed by atoms with Crippen LogP contribution in [0.3, 0.4) is 0 Å². The normalized spacial score (nSPS) is 18.1. The summed E-state index contributed by atoms with van der Waals surface area (Å²) in [7, 11) is 0. The minimum absolute atomic E-state index is 0.0137. The fraction of sp³-hybridized carbons (Fsp3) is 0.625. The molecule has 1 N–H and O–H groups in total. The molecular formula is C16H25N3O3. The van der Waals surface area contributed by atoms with Crippen LogP contribution in [-0.4, -0.2) is 59.4 Å². The number of piperazine rings is 1. The van der Waals surface area contributed by atoms with E-state index in [1.165, 1.54) is 12.5 Å². The Labute approximate surface area is 131 Å². The van der Waals surface area contributed by atoms with Gasteiger partial charge in [0.25, 0.3) is 5.91 Å². The number of carbonyl (C=O) groups is 2. The van der Waals surface area contributed by atoms with Crippen LogP contribution < -0.4 is 5.32 Å². The highest BCUT2D eigenvalue weighted by atomic mass is 16.3. The Morgan fingerprint density at radius 3 is 2.36 bits per heavy atom. The van der Waals surface area contributed by atoms with Crippen molar-refractivity contribution in [3.63, 3.8) is 0 Å². The van der Waals surface area contributed by atoms with Crippen molar-refractivity contribution < 1.29 is 14.0 Å². The first-order chi connectivity index (χ1) is 10.3. The SMILES string of the molecule is CC(C(=O)NC(C)(C)C)N1CCN(C(=O)c2ccoc2)CC1. The summed E-state index contributed by atoms with van der Waals surface area (Å²) < 4.78 is 4.95. The van der Waals surface area contributed by atoms with Crippen LogP contribution in [0.15, 0.2) is 23.0 Å². The van der Waals surface area contributed by atoms with Crippen molar-refractivity contribution in [3.8, 4) is 0 Å². The average Bonchev–Trinajstić information content (AvgIpc) is 2.98. The zero-order valence-electron chi connectivity index (χ0n) is 13.8. The molecule has 6 nitrogen and oxygen atoms in total. The monoisotopic (exact) mass is 307 g/mol. The highest BCUT2D eigenvalue weighted by Gasteiger charge is 2.29. The van der Waals surface area contributed by atoms with Gasteiger partial charge in [0.1, 0.15) is 6.26 Å². The van der Waals surface area contributed by atoms with E-state index in [1.54, 1.807) is 11.0 Å². The van der Waals surface area contributed by atoms with E-state index < -0.39 is 0 Å². The van der Waals surface area contributed by atoms with Crippen molar-refractivity contribution in [3.05, 3.63) is 24.2 Å².